The molecule has 3 heterocycles. The number of fused-ring (bicyclic) bond motifs is 1. The molecule has 2 N–H and O–H groups in total. The zero-order valence-electron chi connectivity index (χ0n) is 17.4. The summed E-state index contributed by atoms with van der Waals surface area (Å²) in [4.78, 5) is 28.8. The molecular weight excluding hydrogens is 443 g/mol. The molecule has 2 fully saturated rings. The van der Waals surface area contributed by atoms with Gasteiger partial charge in [-0.2, -0.15) is 18.3 Å². The van der Waals surface area contributed by atoms with E-state index < -0.39 is 29.8 Å². The molecule has 33 heavy (non-hydrogen) atoms. The van der Waals surface area contributed by atoms with Crippen molar-refractivity contribution in [2.45, 2.75) is 57.3 Å². The first-order valence-corrected chi connectivity index (χ1v) is 10.5. The van der Waals surface area contributed by atoms with E-state index in [4.69, 9.17) is 4.63 Å². The number of imidazole rings is 1. The van der Waals surface area contributed by atoms with Crippen LogP contribution in [0.1, 0.15) is 65.5 Å². The fraction of sp³-hybridized carbons (Fsp3) is 0.500. The Morgan fingerprint density at radius 1 is 1.18 bits per heavy atom. The topological polar surface area (TPSA) is 127 Å². The minimum absolute atomic E-state index is 0.0140. The zero-order chi connectivity index (χ0) is 23.2. The summed E-state index contributed by atoms with van der Waals surface area (Å²) in [6.45, 7) is 0.170. The van der Waals surface area contributed by atoms with Gasteiger partial charge in [-0.3, -0.25) is 9.59 Å². The normalized spacial score (nSPS) is 17.2. The number of amides is 2. The number of alkyl halides is 3. The molecule has 13 heteroatoms. The van der Waals surface area contributed by atoms with Crippen molar-refractivity contribution >= 4 is 17.5 Å². The average Bonchev–Trinajstić information content (AvgIpc) is 3.67. The fourth-order valence-corrected chi connectivity index (χ4v) is 3.66. The number of hydrogen-bond donors (Lipinski definition) is 2. The molecular formula is C20H20F3N7O3. The number of nitrogens with one attached hydrogen (secondary N) is 2. The standard InChI is InChI=1S/C20H20F3N7O3/c21-20(22,23)19(3-4-19)6-15(31)24-7-11-5-14-27-13(10-30(14)26-8-11)9-25-18(32)17-16(12-1-2-12)28-33-29-17/h5,8,10,12H,1-4,6-7,9H2,(H,24,31)(H,25,32). The van der Waals surface area contributed by atoms with E-state index in [1.165, 1.54) is 10.7 Å². The second-order valence-electron chi connectivity index (χ2n) is 8.59. The molecule has 0 radical (unpaired) electrons. The Labute approximate surface area is 184 Å². The lowest BCUT2D eigenvalue weighted by molar-refractivity contribution is -0.190. The van der Waals surface area contributed by atoms with Gasteiger partial charge in [0.15, 0.2) is 11.3 Å². The smallest absolute Gasteiger partial charge is 0.352 e. The van der Waals surface area contributed by atoms with Crippen molar-refractivity contribution in [3.8, 4) is 0 Å². The van der Waals surface area contributed by atoms with Gasteiger partial charge in [-0.15, -0.1) is 0 Å². The van der Waals surface area contributed by atoms with Crippen molar-refractivity contribution in [3.05, 3.63) is 41.1 Å². The Hall–Kier alpha value is -3.51. The number of aromatic nitrogens is 5. The third-order valence-electron chi connectivity index (χ3n) is 5.99. The minimum Gasteiger partial charge on any atom is -0.352 e. The molecule has 0 unspecified atom stereocenters. The molecule has 5 rings (SSSR count). The maximum Gasteiger partial charge on any atom is 0.395 e. The van der Waals surface area contributed by atoms with Crippen molar-refractivity contribution in [3.63, 3.8) is 0 Å². The van der Waals surface area contributed by atoms with Crippen LogP contribution in [0, 0.1) is 5.41 Å². The Kier molecular flexibility index (Phi) is 5.05. The highest BCUT2D eigenvalue weighted by atomic mass is 19.4. The van der Waals surface area contributed by atoms with Gasteiger partial charge in [0.25, 0.3) is 5.91 Å². The molecule has 0 aliphatic heterocycles. The number of carbonyl (C=O) groups is 2. The Balaban J connectivity index is 1.17. The molecule has 3 aromatic heterocycles. The van der Waals surface area contributed by atoms with E-state index in [0.717, 1.165) is 12.8 Å². The van der Waals surface area contributed by atoms with Gasteiger partial charge >= 0.3 is 6.18 Å². The van der Waals surface area contributed by atoms with Crippen molar-refractivity contribution < 1.29 is 27.4 Å². The molecule has 2 amide bonds. The van der Waals surface area contributed by atoms with E-state index >= 15 is 0 Å². The Bertz CT molecular complexity index is 1210. The molecule has 174 valence electrons. The summed E-state index contributed by atoms with van der Waals surface area (Å²) in [7, 11) is 0. The van der Waals surface area contributed by atoms with Gasteiger partial charge < -0.3 is 10.6 Å². The highest BCUT2D eigenvalue weighted by molar-refractivity contribution is 5.93. The molecule has 3 aromatic rings. The van der Waals surface area contributed by atoms with Crippen LogP contribution >= 0.6 is 0 Å². The molecule has 0 bridgehead atoms. The Morgan fingerprint density at radius 3 is 2.67 bits per heavy atom. The molecule has 2 saturated carbocycles. The van der Waals surface area contributed by atoms with E-state index in [1.54, 1.807) is 12.3 Å². The predicted octanol–water partition coefficient (Wildman–Crippen LogP) is 2.27. The van der Waals surface area contributed by atoms with Crippen LogP contribution in [0.2, 0.25) is 0 Å². The fourth-order valence-electron chi connectivity index (χ4n) is 3.66. The van der Waals surface area contributed by atoms with Crippen molar-refractivity contribution in [2.24, 2.45) is 5.41 Å². The van der Waals surface area contributed by atoms with Gasteiger partial charge in [-0.1, -0.05) is 5.16 Å². The van der Waals surface area contributed by atoms with Gasteiger partial charge in [-0.05, 0) is 42.5 Å². The monoisotopic (exact) mass is 463 g/mol. The van der Waals surface area contributed by atoms with Gasteiger partial charge in [0, 0.05) is 18.9 Å². The van der Waals surface area contributed by atoms with E-state index in [1.807, 2.05) is 0 Å². The third-order valence-corrected chi connectivity index (χ3v) is 5.99. The summed E-state index contributed by atoms with van der Waals surface area (Å²) in [6.07, 6.45) is 0.0912. The van der Waals surface area contributed by atoms with E-state index in [0.29, 0.717) is 22.6 Å². The lowest BCUT2D eigenvalue weighted by atomic mass is 10.0. The second-order valence-corrected chi connectivity index (χ2v) is 8.59. The maximum atomic E-state index is 13.0. The third kappa shape index (κ3) is 4.39. The van der Waals surface area contributed by atoms with Gasteiger partial charge in [0.2, 0.25) is 5.91 Å². The number of nitrogens with zero attached hydrogens (tertiary/aromatic N) is 5. The minimum atomic E-state index is -4.36. The molecule has 2 aliphatic rings. The first-order valence-electron chi connectivity index (χ1n) is 10.5. The van der Waals surface area contributed by atoms with Crippen LogP contribution in [0.15, 0.2) is 23.1 Å². The molecule has 0 aromatic carbocycles. The van der Waals surface area contributed by atoms with Crippen molar-refractivity contribution in [1.82, 2.24) is 35.5 Å². The van der Waals surface area contributed by atoms with Gasteiger partial charge in [-0.25, -0.2) is 14.1 Å². The highest BCUT2D eigenvalue weighted by Crippen LogP contribution is 2.59. The SMILES string of the molecule is O=C(CC1(C(F)(F)F)CC1)NCc1cnn2cc(CNC(=O)c3nonc3C3CC3)nc2c1. The van der Waals surface area contributed by atoms with E-state index in [9.17, 15) is 22.8 Å². The lowest BCUT2D eigenvalue weighted by Crippen LogP contribution is -2.32. The van der Waals surface area contributed by atoms with Gasteiger partial charge in [0.1, 0.15) is 5.69 Å². The van der Waals surface area contributed by atoms with Crippen LogP contribution in [0.3, 0.4) is 0 Å². The van der Waals surface area contributed by atoms with Crippen LogP contribution in [-0.2, 0) is 17.9 Å². The van der Waals surface area contributed by atoms with Crippen LogP contribution in [0.4, 0.5) is 13.2 Å². The molecule has 2 aliphatic carbocycles. The zero-order valence-corrected chi connectivity index (χ0v) is 17.4. The average molecular weight is 463 g/mol. The summed E-state index contributed by atoms with van der Waals surface area (Å²) in [5.74, 6) is -0.832. The number of carbonyl (C=O) groups excluding carboxylic acids is 2. The van der Waals surface area contributed by atoms with Crippen LogP contribution < -0.4 is 10.6 Å². The largest absolute Gasteiger partial charge is 0.395 e. The van der Waals surface area contributed by atoms with Crippen molar-refractivity contribution in [2.75, 3.05) is 0 Å². The van der Waals surface area contributed by atoms with Crippen LogP contribution in [-0.4, -0.2) is 42.9 Å². The summed E-state index contributed by atoms with van der Waals surface area (Å²) < 4.78 is 45.2. The summed E-state index contributed by atoms with van der Waals surface area (Å²) in [5.41, 5.74) is 0.485. The van der Waals surface area contributed by atoms with E-state index in [-0.39, 0.29) is 37.5 Å². The number of halogens is 3. The summed E-state index contributed by atoms with van der Waals surface area (Å²) >= 11 is 0. The van der Waals surface area contributed by atoms with Gasteiger partial charge in [0.05, 0.1) is 30.0 Å². The molecule has 10 nitrogen and oxygen atoms in total. The predicted molar refractivity (Wildman–Crippen MR) is 105 cm³/mol. The first-order chi connectivity index (χ1) is 15.7. The Morgan fingerprint density at radius 2 is 1.97 bits per heavy atom. The van der Waals surface area contributed by atoms with Crippen LogP contribution in [0.25, 0.3) is 5.65 Å². The summed E-state index contributed by atoms with van der Waals surface area (Å²) in [6, 6.07) is 1.67. The maximum absolute atomic E-state index is 13.0. The number of rotatable bonds is 8. The first kappa shape index (κ1) is 21.3. The van der Waals surface area contributed by atoms with E-state index in [2.05, 4.69) is 31.0 Å². The molecule has 0 atom stereocenters. The number of hydrogen-bond acceptors (Lipinski definition) is 7. The quantitative estimate of drug-likeness (QED) is 0.525. The molecule has 0 spiro atoms. The highest BCUT2D eigenvalue weighted by Gasteiger charge is 2.63. The summed E-state index contributed by atoms with van der Waals surface area (Å²) in [5, 5.41) is 16.9. The lowest BCUT2D eigenvalue weighted by Gasteiger charge is -2.18. The molecule has 0 saturated heterocycles. The van der Waals surface area contributed by atoms with Crippen molar-refractivity contribution in [1.29, 1.82) is 0 Å². The second kappa shape index (κ2) is 7.81. The van der Waals surface area contributed by atoms with Crippen LogP contribution in [0.5, 0.6) is 0 Å².